The van der Waals surface area contributed by atoms with Gasteiger partial charge in [0.15, 0.2) is 0 Å². The van der Waals surface area contributed by atoms with Crippen molar-refractivity contribution >= 4 is 22.4 Å². The molecule has 0 radical (unpaired) electrons. The van der Waals surface area contributed by atoms with E-state index in [1.54, 1.807) is 24.3 Å². The van der Waals surface area contributed by atoms with Crippen LogP contribution in [-0.4, -0.2) is 34.7 Å². The minimum Gasteiger partial charge on any atom is -0.493 e. The number of piperidine rings is 1. The lowest BCUT2D eigenvalue weighted by Gasteiger charge is -2.22. The fraction of sp³-hybridized carbons (Fsp3) is 0.647. The Morgan fingerprint density at radius 2 is 2.00 bits per heavy atom. The normalized spacial score (nSPS) is 18.2. The van der Waals surface area contributed by atoms with Crippen LogP contribution in [0.3, 0.4) is 0 Å². The molecule has 0 bridgehead atoms. The Labute approximate surface area is 152 Å². The van der Waals surface area contributed by atoms with Crippen molar-refractivity contribution in [2.24, 2.45) is 11.8 Å². The molecule has 1 aliphatic rings. The lowest BCUT2D eigenvalue weighted by atomic mass is 9.96. The van der Waals surface area contributed by atoms with Crippen LogP contribution >= 0.6 is 12.4 Å². The lowest BCUT2D eigenvalue weighted by Crippen LogP contribution is -2.33. The molecule has 138 valence electrons. The van der Waals surface area contributed by atoms with Crippen molar-refractivity contribution in [1.29, 1.82) is 0 Å². The highest BCUT2D eigenvalue weighted by Crippen LogP contribution is 2.17. The second kappa shape index (κ2) is 10.2. The van der Waals surface area contributed by atoms with E-state index >= 15 is 0 Å². The minimum atomic E-state index is -3.44. The van der Waals surface area contributed by atoms with E-state index in [1.807, 2.05) is 0 Å². The Morgan fingerprint density at radius 1 is 1.29 bits per heavy atom. The zero-order valence-electron chi connectivity index (χ0n) is 14.5. The van der Waals surface area contributed by atoms with Gasteiger partial charge in [-0.25, -0.2) is 13.1 Å². The van der Waals surface area contributed by atoms with Gasteiger partial charge < -0.3 is 10.1 Å². The SMILES string of the molecule is CC(C)COc1ccc(S(=O)(=O)NCCC2CCCNC2)cc1.Cl. The quantitative estimate of drug-likeness (QED) is 0.732. The molecule has 1 aliphatic heterocycles. The molecule has 0 saturated carbocycles. The van der Waals surface area contributed by atoms with Crippen LogP contribution in [0.15, 0.2) is 29.2 Å². The van der Waals surface area contributed by atoms with Gasteiger partial charge in [-0.1, -0.05) is 13.8 Å². The molecule has 1 heterocycles. The molecule has 1 aromatic carbocycles. The molecule has 24 heavy (non-hydrogen) atoms. The first-order valence-electron chi connectivity index (χ1n) is 8.40. The van der Waals surface area contributed by atoms with E-state index in [0.717, 1.165) is 19.5 Å². The van der Waals surface area contributed by atoms with Crippen LogP contribution in [0.2, 0.25) is 0 Å². The molecular formula is C17H29ClN2O3S. The van der Waals surface area contributed by atoms with Crippen LogP contribution in [0.4, 0.5) is 0 Å². The molecule has 5 nitrogen and oxygen atoms in total. The second-order valence-electron chi connectivity index (χ2n) is 6.58. The van der Waals surface area contributed by atoms with Crippen LogP contribution in [0.5, 0.6) is 5.75 Å². The molecule has 7 heteroatoms. The third kappa shape index (κ3) is 6.97. The molecule has 2 N–H and O–H groups in total. The number of benzene rings is 1. The molecule has 1 saturated heterocycles. The summed E-state index contributed by atoms with van der Waals surface area (Å²) >= 11 is 0. The summed E-state index contributed by atoms with van der Waals surface area (Å²) in [6.45, 7) is 7.33. The first-order valence-corrected chi connectivity index (χ1v) is 9.89. The van der Waals surface area contributed by atoms with E-state index in [1.165, 1.54) is 12.8 Å². The van der Waals surface area contributed by atoms with Crippen molar-refractivity contribution in [2.75, 3.05) is 26.2 Å². The average Bonchev–Trinajstić information content (AvgIpc) is 2.54. The summed E-state index contributed by atoms with van der Waals surface area (Å²) < 4.78 is 32.8. The Morgan fingerprint density at radius 3 is 2.58 bits per heavy atom. The number of sulfonamides is 1. The standard InChI is InChI=1S/C17H28N2O3S.ClH/c1-14(2)13-22-16-5-7-17(8-6-16)23(20,21)19-11-9-15-4-3-10-18-12-15;/h5-8,14-15,18-19H,3-4,9-13H2,1-2H3;1H. The van der Waals surface area contributed by atoms with E-state index < -0.39 is 10.0 Å². The van der Waals surface area contributed by atoms with Gasteiger partial charge in [0, 0.05) is 6.54 Å². The highest BCUT2D eigenvalue weighted by atomic mass is 35.5. The summed E-state index contributed by atoms with van der Waals surface area (Å²) in [5.74, 6) is 1.71. The Bertz CT molecular complexity index is 570. The fourth-order valence-corrected chi connectivity index (χ4v) is 3.68. The van der Waals surface area contributed by atoms with Crippen molar-refractivity contribution in [3.8, 4) is 5.75 Å². The number of hydrogen-bond donors (Lipinski definition) is 2. The van der Waals surface area contributed by atoms with Crippen molar-refractivity contribution in [3.63, 3.8) is 0 Å². The van der Waals surface area contributed by atoms with Gasteiger partial charge >= 0.3 is 0 Å². The zero-order chi connectivity index (χ0) is 16.7. The molecule has 1 unspecified atom stereocenters. The summed E-state index contributed by atoms with van der Waals surface area (Å²) in [6.07, 6.45) is 3.23. The maximum absolute atomic E-state index is 12.3. The smallest absolute Gasteiger partial charge is 0.240 e. The van der Waals surface area contributed by atoms with Crippen LogP contribution in [0, 0.1) is 11.8 Å². The third-order valence-corrected chi connectivity index (χ3v) is 5.44. The predicted octanol–water partition coefficient (Wildman–Crippen LogP) is 2.81. The Balaban J connectivity index is 0.00000288. The molecule has 0 aliphatic carbocycles. The van der Waals surface area contributed by atoms with Gasteiger partial charge in [0.2, 0.25) is 10.0 Å². The number of nitrogens with one attached hydrogen (secondary N) is 2. The Hall–Kier alpha value is -0.820. The number of ether oxygens (including phenoxy) is 1. The van der Waals surface area contributed by atoms with Crippen LogP contribution in [-0.2, 0) is 10.0 Å². The van der Waals surface area contributed by atoms with Crippen LogP contribution < -0.4 is 14.8 Å². The van der Waals surface area contributed by atoms with E-state index in [4.69, 9.17) is 4.74 Å². The maximum Gasteiger partial charge on any atom is 0.240 e. The fourth-order valence-electron chi connectivity index (χ4n) is 2.63. The molecule has 1 atom stereocenters. The van der Waals surface area contributed by atoms with E-state index in [-0.39, 0.29) is 17.3 Å². The largest absolute Gasteiger partial charge is 0.493 e. The van der Waals surface area contributed by atoms with Gasteiger partial charge in [-0.2, -0.15) is 0 Å². The van der Waals surface area contributed by atoms with Gasteiger partial charge in [0.1, 0.15) is 5.75 Å². The third-order valence-electron chi connectivity index (χ3n) is 3.96. The first-order chi connectivity index (χ1) is 11.0. The molecule has 1 fully saturated rings. The zero-order valence-corrected chi connectivity index (χ0v) is 16.1. The molecule has 0 aromatic heterocycles. The number of hydrogen-bond acceptors (Lipinski definition) is 4. The topological polar surface area (TPSA) is 67.4 Å². The summed E-state index contributed by atoms with van der Waals surface area (Å²) in [5, 5.41) is 3.35. The summed E-state index contributed by atoms with van der Waals surface area (Å²) in [4.78, 5) is 0.288. The van der Waals surface area contributed by atoms with E-state index in [2.05, 4.69) is 23.9 Å². The average molecular weight is 377 g/mol. The lowest BCUT2D eigenvalue weighted by molar-refractivity contribution is 0.271. The number of rotatable bonds is 8. The van der Waals surface area contributed by atoms with Gasteiger partial charge in [0.25, 0.3) is 0 Å². The number of halogens is 1. The molecule has 1 aromatic rings. The van der Waals surface area contributed by atoms with Gasteiger partial charge in [-0.05, 0) is 68.5 Å². The van der Waals surface area contributed by atoms with E-state index in [0.29, 0.717) is 30.7 Å². The Kier molecular flexibility index (Phi) is 9.05. The van der Waals surface area contributed by atoms with Crippen molar-refractivity contribution in [2.45, 2.75) is 38.0 Å². The van der Waals surface area contributed by atoms with Crippen LogP contribution in [0.1, 0.15) is 33.1 Å². The van der Waals surface area contributed by atoms with Gasteiger partial charge in [0.05, 0.1) is 11.5 Å². The molecule has 0 amide bonds. The first kappa shape index (κ1) is 21.2. The second-order valence-corrected chi connectivity index (χ2v) is 8.34. The molecular weight excluding hydrogens is 348 g/mol. The summed E-state index contributed by atoms with van der Waals surface area (Å²) in [6, 6.07) is 6.62. The van der Waals surface area contributed by atoms with Crippen molar-refractivity contribution in [3.05, 3.63) is 24.3 Å². The van der Waals surface area contributed by atoms with Crippen molar-refractivity contribution < 1.29 is 13.2 Å². The summed E-state index contributed by atoms with van der Waals surface area (Å²) in [5.41, 5.74) is 0. The van der Waals surface area contributed by atoms with Gasteiger partial charge in [-0.15, -0.1) is 12.4 Å². The highest BCUT2D eigenvalue weighted by Gasteiger charge is 2.16. The minimum absolute atomic E-state index is 0. The monoisotopic (exact) mass is 376 g/mol. The maximum atomic E-state index is 12.3. The molecule has 0 spiro atoms. The van der Waals surface area contributed by atoms with Crippen molar-refractivity contribution in [1.82, 2.24) is 10.0 Å². The molecule has 2 rings (SSSR count). The van der Waals surface area contributed by atoms with Gasteiger partial charge in [-0.3, -0.25) is 0 Å². The van der Waals surface area contributed by atoms with E-state index in [9.17, 15) is 8.42 Å². The predicted molar refractivity (Wildman–Crippen MR) is 99.4 cm³/mol. The van der Waals surface area contributed by atoms with Crippen LogP contribution in [0.25, 0.3) is 0 Å². The summed E-state index contributed by atoms with van der Waals surface area (Å²) in [7, 11) is -3.44. The highest BCUT2D eigenvalue weighted by molar-refractivity contribution is 7.89.